The average Bonchev–Trinajstić information content (AvgIpc) is 3.95. The van der Waals surface area contributed by atoms with Crippen molar-refractivity contribution in [2.24, 2.45) is 0 Å². The van der Waals surface area contributed by atoms with E-state index in [0.29, 0.717) is 5.82 Å². The summed E-state index contributed by atoms with van der Waals surface area (Å²) in [5.41, 5.74) is 18.8. The highest BCUT2D eigenvalue weighted by molar-refractivity contribution is 7.26. The van der Waals surface area contributed by atoms with E-state index in [1.54, 1.807) is 0 Å². The highest BCUT2D eigenvalue weighted by Crippen LogP contribution is 2.56. The smallest absolute Gasteiger partial charge is 0.160 e. The van der Waals surface area contributed by atoms with Gasteiger partial charge in [-0.05, 0) is 109 Å². The molecule has 0 saturated heterocycles. The third-order valence-corrected chi connectivity index (χ3v) is 15.0. The highest BCUT2D eigenvalue weighted by Gasteiger charge is 2.46. The standard InChI is InChI=1S/C65H42N2S/c1-5-19-43(20-6-1)45-23-17-24-46(37-45)48-38-49(53-31-18-32-56-55-30-14-16-34-62(55)68-63(53)56)40-50(39-48)61-42-60(66-64(67-61)44-21-7-2-8-22-44)47-35-36-59-57(41-47)54-29-13-15-33-58(54)65(59,51-25-9-3-10-26-51)52-27-11-4-12-28-52/h1-42H. The summed E-state index contributed by atoms with van der Waals surface area (Å²) in [5, 5.41) is 2.56. The van der Waals surface area contributed by atoms with Gasteiger partial charge >= 0.3 is 0 Å². The molecule has 2 aromatic heterocycles. The lowest BCUT2D eigenvalue weighted by molar-refractivity contribution is 0.768. The van der Waals surface area contributed by atoms with Crippen LogP contribution in [0.25, 0.3) is 98.6 Å². The van der Waals surface area contributed by atoms with Gasteiger partial charge in [0.1, 0.15) is 0 Å². The van der Waals surface area contributed by atoms with Gasteiger partial charge in [0, 0.05) is 36.9 Å². The molecule has 2 heterocycles. The Bertz CT molecular complexity index is 3800. The van der Waals surface area contributed by atoms with Crippen molar-refractivity contribution >= 4 is 31.5 Å². The number of rotatable bonds is 8. The van der Waals surface area contributed by atoms with Crippen molar-refractivity contribution in [3.8, 4) is 78.4 Å². The van der Waals surface area contributed by atoms with Crippen molar-refractivity contribution in [1.29, 1.82) is 0 Å². The molecule has 13 rings (SSSR count). The van der Waals surface area contributed by atoms with Crippen molar-refractivity contribution in [3.63, 3.8) is 0 Å². The Kier molecular flexibility index (Phi) is 9.62. The Morgan fingerprint density at radius 3 is 1.56 bits per heavy atom. The molecular weight excluding hydrogens is 841 g/mol. The minimum atomic E-state index is -0.481. The van der Waals surface area contributed by atoms with E-state index in [-0.39, 0.29) is 0 Å². The first kappa shape index (κ1) is 39.8. The molecule has 68 heavy (non-hydrogen) atoms. The predicted molar refractivity (Wildman–Crippen MR) is 285 cm³/mol. The summed E-state index contributed by atoms with van der Waals surface area (Å²) in [6.45, 7) is 0. The van der Waals surface area contributed by atoms with Gasteiger partial charge < -0.3 is 0 Å². The van der Waals surface area contributed by atoms with Crippen molar-refractivity contribution < 1.29 is 0 Å². The van der Waals surface area contributed by atoms with Crippen LogP contribution in [-0.2, 0) is 5.41 Å². The second-order valence-electron chi connectivity index (χ2n) is 17.6. The quantitative estimate of drug-likeness (QED) is 0.152. The molecule has 12 aromatic rings. The van der Waals surface area contributed by atoms with Gasteiger partial charge in [-0.3, -0.25) is 0 Å². The molecule has 0 spiro atoms. The molecule has 2 nitrogen and oxygen atoms in total. The van der Waals surface area contributed by atoms with Gasteiger partial charge in [0.05, 0.1) is 16.8 Å². The van der Waals surface area contributed by atoms with Crippen LogP contribution in [-0.4, -0.2) is 9.97 Å². The topological polar surface area (TPSA) is 25.8 Å². The van der Waals surface area contributed by atoms with Crippen LogP contribution in [0, 0.1) is 0 Å². The SMILES string of the molecule is c1ccc(-c2cccc(-c3cc(-c4cc(-c5ccc6c(c5)-c5ccccc5C6(c5ccccc5)c5ccccc5)nc(-c5ccccc5)n4)cc(-c4cccc5c4sc4ccccc45)c3)c2)cc1. The first-order chi connectivity index (χ1) is 33.7. The van der Waals surface area contributed by atoms with E-state index >= 15 is 0 Å². The van der Waals surface area contributed by atoms with Crippen molar-refractivity contribution in [1.82, 2.24) is 9.97 Å². The molecule has 1 aliphatic carbocycles. The van der Waals surface area contributed by atoms with Gasteiger partial charge in [-0.1, -0.05) is 212 Å². The lowest BCUT2D eigenvalue weighted by Crippen LogP contribution is -2.28. The number of fused-ring (bicyclic) bond motifs is 6. The maximum atomic E-state index is 5.43. The largest absolute Gasteiger partial charge is 0.228 e. The van der Waals surface area contributed by atoms with Gasteiger partial charge in [-0.2, -0.15) is 0 Å². The Labute approximate surface area is 400 Å². The van der Waals surface area contributed by atoms with Gasteiger partial charge in [0.15, 0.2) is 5.82 Å². The fraction of sp³-hybridized carbons (Fsp3) is 0.0154. The number of nitrogens with zero attached hydrogens (tertiary/aromatic N) is 2. The third-order valence-electron chi connectivity index (χ3n) is 13.8. The van der Waals surface area contributed by atoms with Gasteiger partial charge in [-0.15, -0.1) is 11.3 Å². The van der Waals surface area contributed by atoms with Crippen LogP contribution < -0.4 is 0 Å². The molecule has 0 bridgehead atoms. The van der Waals surface area contributed by atoms with Crippen molar-refractivity contribution in [3.05, 3.63) is 277 Å². The van der Waals surface area contributed by atoms with Crippen LogP contribution in [0.15, 0.2) is 255 Å². The zero-order valence-corrected chi connectivity index (χ0v) is 37.9. The highest BCUT2D eigenvalue weighted by atomic mass is 32.1. The molecule has 0 atom stereocenters. The molecule has 3 heteroatoms. The van der Waals surface area contributed by atoms with E-state index < -0.39 is 5.41 Å². The number of thiophene rings is 1. The van der Waals surface area contributed by atoms with Crippen LogP contribution >= 0.6 is 11.3 Å². The van der Waals surface area contributed by atoms with Crippen molar-refractivity contribution in [2.75, 3.05) is 0 Å². The average molecular weight is 883 g/mol. The van der Waals surface area contributed by atoms with Gasteiger partial charge in [0.25, 0.3) is 0 Å². The minimum Gasteiger partial charge on any atom is -0.228 e. The second kappa shape index (κ2) is 16.4. The Morgan fingerprint density at radius 2 is 0.809 bits per heavy atom. The Balaban J connectivity index is 1.03. The summed E-state index contributed by atoms with van der Waals surface area (Å²) < 4.78 is 2.57. The molecule has 0 aliphatic heterocycles. The van der Waals surface area contributed by atoms with E-state index in [9.17, 15) is 0 Å². The monoisotopic (exact) mass is 882 g/mol. The number of aromatic nitrogens is 2. The van der Waals surface area contributed by atoms with Crippen LogP contribution in [0.1, 0.15) is 22.3 Å². The van der Waals surface area contributed by atoms with Gasteiger partial charge in [-0.25, -0.2) is 9.97 Å². The summed E-state index contributed by atoms with van der Waals surface area (Å²) in [6, 6.07) is 92.5. The lowest BCUT2D eigenvalue weighted by atomic mass is 9.67. The maximum absolute atomic E-state index is 5.43. The van der Waals surface area contributed by atoms with E-state index in [2.05, 4.69) is 249 Å². The predicted octanol–water partition coefficient (Wildman–Crippen LogP) is 17.2. The number of hydrogen-bond donors (Lipinski definition) is 0. The zero-order valence-electron chi connectivity index (χ0n) is 37.1. The molecule has 0 unspecified atom stereocenters. The fourth-order valence-corrected chi connectivity index (χ4v) is 11.9. The Hall–Kier alpha value is -8.50. The Morgan fingerprint density at radius 1 is 0.294 bits per heavy atom. The first-order valence-electron chi connectivity index (χ1n) is 23.2. The van der Waals surface area contributed by atoms with Crippen LogP contribution in [0.5, 0.6) is 0 Å². The van der Waals surface area contributed by atoms with Crippen molar-refractivity contribution in [2.45, 2.75) is 5.41 Å². The molecule has 0 amide bonds. The van der Waals surface area contributed by atoms with Crippen LogP contribution in [0.3, 0.4) is 0 Å². The van der Waals surface area contributed by atoms with Crippen LogP contribution in [0.2, 0.25) is 0 Å². The lowest BCUT2D eigenvalue weighted by Gasteiger charge is -2.33. The molecule has 0 saturated carbocycles. The van der Waals surface area contributed by atoms with Gasteiger partial charge in [0.2, 0.25) is 0 Å². The summed E-state index contributed by atoms with van der Waals surface area (Å²) in [7, 11) is 0. The first-order valence-corrected chi connectivity index (χ1v) is 24.0. The van der Waals surface area contributed by atoms with Crippen LogP contribution in [0.4, 0.5) is 0 Å². The van der Waals surface area contributed by atoms with E-state index in [1.807, 2.05) is 17.4 Å². The van der Waals surface area contributed by atoms with E-state index in [1.165, 1.54) is 70.2 Å². The third kappa shape index (κ3) is 6.62. The summed E-state index contributed by atoms with van der Waals surface area (Å²) in [5.74, 6) is 0.687. The van der Waals surface area contributed by atoms with E-state index in [4.69, 9.17) is 9.97 Å². The maximum Gasteiger partial charge on any atom is 0.160 e. The molecule has 0 fully saturated rings. The summed E-state index contributed by atoms with van der Waals surface area (Å²) in [6.07, 6.45) is 0. The number of hydrogen-bond acceptors (Lipinski definition) is 3. The number of benzene rings is 10. The normalized spacial score (nSPS) is 12.5. The minimum absolute atomic E-state index is 0.481. The molecule has 0 radical (unpaired) electrons. The summed E-state index contributed by atoms with van der Waals surface area (Å²) in [4.78, 5) is 10.8. The summed E-state index contributed by atoms with van der Waals surface area (Å²) >= 11 is 1.86. The second-order valence-corrected chi connectivity index (χ2v) is 18.7. The molecule has 10 aromatic carbocycles. The molecule has 0 N–H and O–H groups in total. The fourth-order valence-electron chi connectivity index (χ4n) is 10.6. The zero-order chi connectivity index (χ0) is 45.0. The molecule has 318 valence electrons. The molecular formula is C65H42N2S. The molecule has 1 aliphatic rings. The van der Waals surface area contributed by atoms with E-state index in [0.717, 1.165) is 44.8 Å².